The van der Waals surface area contributed by atoms with Crippen LogP contribution >= 0.6 is 0 Å². The van der Waals surface area contributed by atoms with E-state index >= 15 is 0 Å². The summed E-state index contributed by atoms with van der Waals surface area (Å²) in [7, 11) is 0. The highest BCUT2D eigenvalue weighted by atomic mass is 16.7. The van der Waals surface area contributed by atoms with Gasteiger partial charge in [0.2, 0.25) is 5.91 Å². The minimum Gasteiger partial charge on any atom is -0.394 e. The van der Waals surface area contributed by atoms with Crippen LogP contribution in [0, 0.1) is 0 Å². The van der Waals surface area contributed by atoms with Gasteiger partial charge in [-0.2, -0.15) is 0 Å². The number of aliphatic hydroxyl groups is 8. The van der Waals surface area contributed by atoms with Crippen LogP contribution in [0.15, 0.2) is 0 Å². The average molecular weight is 892 g/mol. The lowest BCUT2D eigenvalue weighted by molar-refractivity contribution is -0.359. The molecule has 0 spiro atoms. The van der Waals surface area contributed by atoms with E-state index in [2.05, 4.69) is 19.2 Å². The fourth-order valence-corrected chi connectivity index (χ4v) is 8.65. The summed E-state index contributed by atoms with van der Waals surface area (Å²) in [5, 5.41) is 86.8. The largest absolute Gasteiger partial charge is 0.394 e. The topological polar surface area (TPSA) is 228 Å². The minimum atomic E-state index is -1.78. The molecule has 0 aromatic rings. The van der Waals surface area contributed by atoms with E-state index in [0.29, 0.717) is 12.8 Å². The molecular formula is C48H93NO13. The molecule has 2 rings (SSSR count). The Bertz CT molecular complexity index is 1060. The summed E-state index contributed by atoms with van der Waals surface area (Å²) < 4.78 is 22.7. The fourth-order valence-electron chi connectivity index (χ4n) is 8.65. The van der Waals surface area contributed by atoms with Crippen LogP contribution in [0.25, 0.3) is 0 Å². The predicted molar refractivity (Wildman–Crippen MR) is 240 cm³/mol. The summed E-state index contributed by atoms with van der Waals surface area (Å²) in [5.74, 6) is -0.205. The molecule has 14 heteroatoms. The summed E-state index contributed by atoms with van der Waals surface area (Å²) in [6.45, 7) is 2.85. The maximum Gasteiger partial charge on any atom is 0.220 e. The molecule has 0 bridgehead atoms. The maximum absolute atomic E-state index is 13.2. The van der Waals surface area contributed by atoms with Gasteiger partial charge in [-0.3, -0.25) is 4.79 Å². The second-order valence-corrected chi connectivity index (χ2v) is 18.3. The van der Waals surface area contributed by atoms with Crippen molar-refractivity contribution >= 4 is 5.91 Å². The number of carbonyl (C=O) groups is 1. The van der Waals surface area contributed by atoms with Gasteiger partial charge in [0.05, 0.1) is 32.0 Å². The number of unbranched alkanes of at least 4 members (excludes halogenated alkanes) is 26. The zero-order valence-corrected chi connectivity index (χ0v) is 38.9. The van der Waals surface area contributed by atoms with E-state index in [1.807, 2.05) is 0 Å². The number of amides is 1. The van der Waals surface area contributed by atoms with Crippen LogP contribution in [0.4, 0.5) is 0 Å². The first-order valence-corrected chi connectivity index (χ1v) is 25.3. The normalized spacial score (nSPS) is 27.6. The molecule has 2 fully saturated rings. The number of carbonyl (C=O) groups excluding carboxylic acids is 1. The molecule has 0 aromatic carbocycles. The Hall–Kier alpha value is -1.01. The third-order valence-corrected chi connectivity index (χ3v) is 12.8. The SMILES string of the molecule is CCCCCCCCCCCCCCCCCC(=O)N[C@@H](CO[C@H]1O[C@@H](CO)[C@H](O[C@@H]2O[C@H](CO)[C@H](O)[C@H](O)[C@@H]2O)[C@@H](O)[C@@H]1O)[C@H](O)CCCCCCCCCCCCCCC. The Kier molecular flexibility index (Phi) is 33.3. The van der Waals surface area contributed by atoms with Crippen molar-refractivity contribution in [2.24, 2.45) is 0 Å². The molecule has 9 N–H and O–H groups in total. The molecule has 368 valence electrons. The van der Waals surface area contributed by atoms with Gasteiger partial charge in [0, 0.05) is 6.42 Å². The molecule has 2 heterocycles. The predicted octanol–water partition coefficient (Wildman–Crippen LogP) is 6.22. The first-order valence-electron chi connectivity index (χ1n) is 25.3. The van der Waals surface area contributed by atoms with Crippen LogP contribution in [-0.4, -0.2) is 140 Å². The molecule has 2 saturated heterocycles. The fraction of sp³-hybridized carbons (Fsp3) is 0.979. The van der Waals surface area contributed by atoms with Gasteiger partial charge in [-0.05, 0) is 12.8 Å². The molecule has 2 aliphatic rings. The third kappa shape index (κ3) is 23.4. The molecule has 0 radical (unpaired) electrons. The number of nitrogens with one attached hydrogen (secondary N) is 1. The highest BCUT2D eigenvalue weighted by molar-refractivity contribution is 5.76. The molecular weight excluding hydrogens is 799 g/mol. The van der Waals surface area contributed by atoms with Crippen LogP contribution in [0.1, 0.15) is 206 Å². The Morgan fingerprint density at radius 2 is 0.919 bits per heavy atom. The van der Waals surface area contributed by atoms with Gasteiger partial charge < -0.3 is 65.1 Å². The van der Waals surface area contributed by atoms with Gasteiger partial charge >= 0.3 is 0 Å². The van der Waals surface area contributed by atoms with Crippen LogP contribution < -0.4 is 5.32 Å². The van der Waals surface area contributed by atoms with E-state index in [0.717, 1.165) is 51.4 Å². The smallest absolute Gasteiger partial charge is 0.220 e. The summed E-state index contributed by atoms with van der Waals surface area (Å²) in [5.41, 5.74) is 0. The highest BCUT2D eigenvalue weighted by Gasteiger charge is 2.51. The van der Waals surface area contributed by atoms with Crippen molar-refractivity contribution in [3.8, 4) is 0 Å². The van der Waals surface area contributed by atoms with Crippen molar-refractivity contribution in [1.82, 2.24) is 5.32 Å². The first-order chi connectivity index (χ1) is 30.1. The third-order valence-electron chi connectivity index (χ3n) is 12.8. The van der Waals surface area contributed by atoms with Crippen molar-refractivity contribution in [1.29, 1.82) is 0 Å². The number of hydrogen-bond donors (Lipinski definition) is 9. The van der Waals surface area contributed by atoms with E-state index < -0.39 is 86.8 Å². The molecule has 62 heavy (non-hydrogen) atoms. The van der Waals surface area contributed by atoms with E-state index in [1.54, 1.807) is 0 Å². The van der Waals surface area contributed by atoms with E-state index in [-0.39, 0.29) is 12.5 Å². The Morgan fingerprint density at radius 3 is 1.37 bits per heavy atom. The van der Waals surface area contributed by atoms with Crippen molar-refractivity contribution in [2.75, 3.05) is 19.8 Å². The number of rotatable bonds is 39. The van der Waals surface area contributed by atoms with Gasteiger partial charge in [0.15, 0.2) is 12.6 Å². The molecule has 0 aromatic heterocycles. The highest BCUT2D eigenvalue weighted by Crippen LogP contribution is 2.30. The minimum absolute atomic E-state index is 0.205. The Labute approximate surface area is 374 Å². The van der Waals surface area contributed by atoms with Gasteiger partial charge in [-0.25, -0.2) is 0 Å². The van der Waals surface area contributed by atoms with Crippen molar-refractivity contribution in [3.63, 3.8) is 0 Å². The van der Waals surface area contributed by atoms with Crippen LogP contribution in [-0.2, 0) is 23.7 Å². The second kappa shape index (κ2) is 36.2. The van der Waals surface area contributed by atoms with E-state index in [1.165, 1.54) is 128 Å². The molecule has 0 aliphatic carbocycles. The molecule has 0 unspecified atom stereocenters. The number of hydrogen-bond acceptors (Lipinski definition) is 13. The summed E-state index contributed by atoms with van der Waals surface area (Å²) in [4.78, 5) is 13.2. The standard InChI is InChI=1S/C48H93NO13/c1-3-5-7-9-11-13-15-17-18-20-22-24-26-28-30-32-40(53)49-36(37(52)31-29-27-25-23-21-19-16-14-12-10-8-6-4-2)35-59-47-45(58)43(56)46(39(34-51)61-47)62-48-44(57)42(55)41(54)38(33-50)60-48/h36-39,41-48,50-52,54-58H,3-35H2,1-2H3,(H,49,53)/t36-,37+,38+,39-,41-,42-,43-,44-,45-,46-,47-,48-/m0/s1. The van der Waals surface area contributed by atoms with Crippen molar-refractivity contribution < 1.29 is 64.6 Å². The van der Waals surface area contributed by atoms with E-state index in [4.69, 9.17) is 18.9 Å². The lowest BCUT2D eigenvalue weighted by Gasteiger charge is -2.46. The maximum atomic E-state index is 13.2. The van der Waals surface area contributed by atoms with Crippen molar-refractivity contribution in [3.05, 3.63) is 0 Å². The van der Waals surface area contributed by atoms with Gasteiger partial charge in [0.1, 0.15) is 48.8 Å². The lowest BCUT2D eigenvalue weighted by Crippen LogP contribution is -2.65. The first kappa shape index (κ1) is 57.1. The Morgan fingerprint density at radius 1 is 0.516 bits per heavy atom. The number of aliphatic hydroxyl groups excluding tert-OH is 8. The number of ether oxygens (including phenoxy) is 4. The van der Waals surface area contributed by atoms with Crippen LogP contribution in [0.5, 0.6) is 0 Å². The van der Waals surface area contributed by atoms with Gasteiger partial charge in [0.25, 0.3) is 0 Å². The summed E-state index contributed by atoms with van der Waals surface area (Å²) >= 11 is 0. The summed E-state index contributed by atoms with van der Waals surface area (Å²) in [6, 6.07) is -0.820. The summed E-state index contributed by atoms with van der Waals surface area (Å²) in [6.07, 6.45) is 18.1. The molecule has 14 nitrogen and oxygen atoms in total. The van der Waals surface area contributed by atoms with Crippen LogP contribution in [0.3, 0.4) is 0 Å². The second-order valence-electron chi connectivity index (χ2n) is 18.3. The molecule has 0 saturated carbocycles. The van der Waals surface area contributed by atoms with Crippen molar-refractivity contribution in [2.45, 2.75) is 280 Å². The average Bonchev–Trinajstić information content (AvgIpc) is 3.27. The quantitative estimate of drug-likeness (QED) is 0.0313. The van der Waals surface area contributed by atoms with Gasteiger partial charge in [-0.15, -0.1) is 0 Å². The zero-order chi connectivity index (χ0) is 45.4. The van der Waals surface area contributed by atoms with Gasteiger partial charge in [-0.1, -0.05) is 187 Å². The molecule has 12 atom stereocenters. The monoisotopic (exact) mass is 892 g/mol. The lowest BCUT2D eigenvalue weighted by atomic mass is 9.97. The molecule has 1 amide bonds. The Balaban J connectivity index is 1.84. The zero-order valence-electron chi connectivity index (χ0n) is 38.9. The molecule has 2 aliphatic heterocycles. The van der Waals surface area contributed by atoms with E-state index in [9.17, 15) is 45.6 Å². The van der Waals surface area contributed by atoms with Crippen LogP contribution in [0.2, 0.25) is 0 Å².